The van der Waals surface area contributed by atoms with Crippen LogP contribution in [0.1, 0.15) is 38.3 Å². The summed E-state index contributed by atoms with van der Waals surface area (Å²) in [5, 5.41) is 9.32. The zero-order valence-corrected chi connectivity index (χ0v) is 12.2. The number of hydrogen-bond donors (Lipinski definition) is 3. The number of hydrazine groups is 1. The van der Waals surface area contributed by atoms with Crippen LogP contribution in [0.5, 0.6) is 0 Å². The van der Waals surface area contributed by atoms with E-state index in [1.54, 1.807) is 0 Å². The van der Waals surface area contributed by atoms with E-state index in [1.165, 1.54) is 0 Å². The van der Waals surface area contributed by atoms with E-state index in [-0.39, 0.29) is 18.6 Å². The summed E-state index contributed by atoms with van der Waals surface area (Å²) in [6, 6.07) is 9.28. The van der Waals surface area contributed by atoms with Crippen molar-refractivity contribution in [1.82, 2.24) is 10.3 Å². The SMILES string of the molecule is CCC(CC)N(CCO)C(C(=O)NN)c1ccccc1. The van der Waals surface area contributed by atoms with Crippen molar-refractivity contribution in [3.05, 3.63) is 35.9 Å². The Morgan fingerprint density at radius 3 is 2.35 bits per heavy atom. The molecule has 1 atom stereocenters. The number of amides is 1. The van der Waals surface area contributed by atoms with Gasteiger partial charge in [-0.3, -0.25) is 15.1 Å². The molecule has 0 saturated heterocycles. The molecule has 5 heteroatoms. The number of carbonyl (C=O) groups excluding carboxylic acids is 1. The molecule has 1 aromatic carbocycles. The molecule has 0 aliphatic heterocycles. The molecule has 1 amide bonds. The monoisotopic (exact) mass is 279 g/mol. The fourth-order valence-corrected chi connectivity index (χ4v) is 2.60. The summed E-state index contributed by atoms with van der Waals surface area (Å²) in [7, 11) is 0. The Balaban J connectivity index is 3.14. The molecule has 1 aromatic rings. The Labute approximate surface area is 120 Å². The highest BCUT2D eigenvalue weighted by atomic mass is 16.3. The molecular formula is C15H25N3O2. The Morgan fingerprint density at radius 1 is 1.30 bits per heavy atom. The minimum absolute atomic E-state index is 0.0116. The smallest absolute Gasteiger partial charge is 0.255 e. The summed E-state index contributed by atoms with van der Waals surface area (Å²) >= 11 is 0. The highest BCUT2D eigenvalue weighted by Crippen LogP contribution is 2.25. The average molecular weight is 279 g/mol. The maximum Gasteiger partial charge on any atom is 0.255 e. The van der Waals surface area contributed by atoms with Gasteiger partial charge in [-0.05, 0) is 18.4 Å². The van der Waals surface area contributed by atoms with Crippen LogP contribution in [0.4, 0.5) is 0 Å². The van der Waals surface area contributed by atoms with E-state index >= 15 is 0 Å². The van der Waals surface area contributed by atoms with Crippen LogP contribution in [0.3, 0.4) is 0 Å². The molecule has 5 nitrogen and oxygen atoms in total. The van der Waals surface area contributed by atoms with Gasteiger partial charge in [0.15, 0.2) is 0 Å². The van der Waals surface area contributed by atoms with Crippen LogP contribution in [0, 0.1) is 0 Å². The van der Waals surface area contributed by atoms with E-state index in [1.807, 2.05) is 35.2 Å². The first-order chi connectivity index (χ1) is 9.69. The Bertz CT molecular complexity index is 393. The van der Waals surface area contributed by atoms with Gasteiger partial charge >= 0.3 is 0 Å². The summed E-state index contributed by atoms with van der Waals surface area (Å²) in [5.74, 6) is 5.09. The molecule has 0 fully saturated rings. The van der Waals surface area contributed by atoms with Gasteiger partial charge in [-0.15, -0.1) is 0 Å². The molecule has 1 unspecified atom stereocenters. The predicted octanol–water partition coefficient (Wildman–Crippen LogP) is 1.20. The molecule has 0 saturated carbocycles. The number of aliphatic hydroxyl groups is 1. The lowest BCUT2D eigenvalue weighted by molar-refractivity contribution is -0.128. The van der Waals surface area contributed by atoms with Gasteiger partial charge in [0.25, 0.3) is 5.91 Å². The molecule has 112 valence electrons. The number of nitrogens with zero attached hydrogens (tertiary/aromatic N) is 1. The van der Waals surface area contributed by atoms with Gasteiger partial charge in [0.05, 0.1) is 6.61 Å². The van der Waals surface area contributed by atoms with Crippen LogP contribution in [-0.2, 0) is 4.79 Å². The van der Waals surface area contributed by atoms with Crippen molar-refractivity contribution in [2.75, 3.05) is 13.2 Å². The fourth-order valence-electron chi connectivity index (χ4n) is 2.60. The zero-order valence-electron chi connectivity index (χ0n) is 12.2. The zero-order chi connectivity index (χ0) is 15.0. The third kappa shape index (κ3) is 4.03. The Morgan fingerprint density at radius 2 is 1.90 bits per heavy atom. The summed E-state index contributed by atoms with van der Waals surface area (Å²) in [6.45, 7) is 4.62. The van der Waals surface area contributed by atoms with E-state index in [0.29, 0.717) is 6.54 Å². The second-order valence-corrected chi connectivity index (χ2v) is 4.75. The number of carbonyl (C=O) groups is 1. The molecule has 0 aliphatic carbocycles. The van der Waals surface area contributed by atoms with Crippen LogP contribution < -0.4 is 11.3 Å². The first-order valence-electron chi connectivity index (χ1n) is 7.11. The van der Waals surface area contributed by atoms with Crippen LogP contribution in [-0.4, -0.2) is 35.1 Å². The highest BCUT2D eigenvalue weighted by molar-refractivity contribution is 5.82. The second kappa shape index (κ2) is 8.68. The van der Waals surface area contributed by atoms with Crippen molar-refractivity contribution in [1.29, 1.82) is 0 Å². The summed E-state index contributed by atoms with van der Waals surface area (Å²) < 4.78 is 0. The van der Waals surface area contributed by atoms with E-state index in [4.69, 9.17) is 5.84 Å². The van der Waals surface area contributed by atoms with Crippen LogP contribution in [0.25, 0.3) is 0 Å². The normalized spacial score (nSPS) is 12.7. The third-order valence-electron chi connectivity index (χ3n) is 3.61. The molecule has 0 heterocycles. The van der Waals surface area contributed by atoms with Crippen molar-refractivity contribution in [3.8, 4) is 0 Å². The van der Waals surface area contributed by atoms with Crippen molar-refractivity contribution in [2.24, 2.45) is 5.84 Å². The van der Waals surface area contributed by atoms with E-state index < -0.39 is 6.04 Å². The second-order valence-electron chi connectivity index (χ2n) is 4.75. The minimum atomic E-state index is -0.474. The molecule has 0 bridgehead atoms. The molecule has 0 spiro atoms. The molecule has 1 rings (SSSR count). The summed E-state index contributed by atoms with van der Waals surface area (Å²) in [6.07, 6.45) is 1.83. The van der Waals surface area contributed by atoms with Gasteiger partial charge in [-0.25, -0.2) is 5.84 Å². The number of nitrogens with two attached hydrogens (primary N) is 1. The molecule has 20 heavy (non-hydrogen) atoms. The van der Waals surface area contributed by atoms with E-state index in [0.717, 1.165) is 18.4 Å². The van der Waals surface area contributed by atoms with Crippen LogP contribution in [0.15, 0.2) is 30.3 Å². The number of benzene rings is 1. The first kappa shape index (κ1) is 16.6. The Hall–Kier alpha value is -1.43. The average Bonchev–Trinajstić information content (AvgIpc) is 2.49. The lowest BCUT2D eigenvalue weighted by Gasteiger charge is -2.36. The number of aliphatic hydroxyl groups excluding tert-OH is 1. The largest absolute Gasteiger partial charge is 0.395 e. The highest BCUT2D eigenvalue weighted by Gasteiger charge is 2.30. The molecule has 4 N–H and O–H groups in total. The number of hydrogen-bond acceptors (Lipinski definition) is 4. The van der Waals surface area contributed by atoms with Gasteiger partial charge in [0, 0.05) is 12.6 Å². The van der Waals surface area contributed by atoms with Gasteiger partial charge in [-0.1, -0.05) is 44.2 Å². The van der Waals surface area contributed by atoms with Crippen molar-refractivity contribution in [3.63, 3.8) is 0 Å². The van der Waals surface area contributed by atoms with Crippen LogP contribution in [0.2, 0.25) is 0 Å². The molecular weight excluding hydrogens is 254 g/mol. The Kier molecular flexibility index (Phi) is 7.22. The van der Waals surface area contributed by atoms with Crippen LogP contribution >= 0.6 is 0 Å². The first-order valence-corrected chi connectivity index (χ1v) is 7.11. The standard InChI is InChI=1S/C15H25N3O2/c1-3-13(4-2)18(10-11-19)14(15(20)17-16)12-8-6-5-7-9-12/h5-9,13-14,19H,3-4,10-11,16H2,1-2H3,(H,17,20). The maximum atomic E-state index is 12.2. The summed E-state index contributed by atoms with van der Waals surface area (Å²) in [4.78, 5) is 14.2. The van der Waals surface area contributed by atoms with Gasteiger partial charge in [-0.2, -0.15) is 0 Å². The lowest BCUT2D eigenvalue weighted by Crippen LogP contribution is -2.48. The van der Waals surface area contributed by atoms with Gasteiger partial charge in [0.2, 0.25) is 0 Å². The topological polar surface area (TPSA) is 78.6 Å². The number of rotatable bonds is 8. The maximum absolute atomic E-state index is 12.2. The van der Waals surface area contributed by atoms with Crippen molar-refractivity contribution in [2.45, 2.75) is 38.8 Å². The van der Waals surface area contributed by atoms with E-state index in [9.17, 15) is 9.90 Å². The lowest BCUT2D eigenvalue weighted by atomic mass is 10.00. The van der Waals surface area contributed by atoms with Crippen molar-refractivity contribution >= 4 is 5.91 Å². The van der Waals surface area contributed by atoms with Gasteiger partial charge in [0.1, 0.15) is 6.04 Å². The van der Waals surface area contributed by atoms with E-state index in [2.05, 4.69) is 19.3 Å². The predicted molar refractivity (Wildman–Crippen MR) is 79.7 cm³/mol. The molecule has 0 aromatic heterocycles. The minimum Gasteiger partial charge on any atom is -0.395 e. The quantitative estimate of drug-likeness (QED) is 0.379. The van der Waals surface area contributed by atoms with Crippen molar-refractivity contribution < 1.29 is 9.90 Å². The fraction of sp³-hybridized carbons (Fsp3) is 0.533. The summed E-state index contributed by atoms with van der Waals surface area (Å²) in [5.41, 5.74) is 3.13. The van der Waals surface area contributed by atoms with Gasteiger partial charge < -0.3 is 5.11 Å². The molecule has 0 radical (unpaired) electrons. The number of nitrogens with one attached hydrogen (secondary N) is 1. The molecule has 0 aliphatic rings. The third-order valence-corrected chi connectivity index (χ3v) is 3.61.